The molecule has 1 rings (SSSR count). The summed E-state index contributed by atoms with van der Waals surface area (Å²) < 4.78 is 13.0. The van der Waals surface area contributed by atoms with Crippen LogP contribution in [-0.2, 0) is 0 Å². The lowest BCUT2D eigenvalue weighted by Gasteiger charge is -2.23. The maximum absolute atomic E-state index is 13.0. The molecule has 3 nitrogen and oxygen atoms in total. The largest absolute Gasteiger partial charge is 0.478 e. The summed E-state index contributed by atoms with van der Waals surface area (Å²) in [6, 6.07) is 3.58. The molecule has 0 saturated carbocycles. The van der Waals surface area contributed by atoms with Crippen molar-refractivity contribution in [3.8, 4) is 0 Å². The highest BCUT2D eigenvalue weighted by molar-refractivity contribution is 5.94. The third-order valence-corrected chi connectivity index (χ3v) is 1.72. The van der Waals surface area contributed by atoms with E-state index in [0.29, 0.717) is 5.69 Å². The fraction of sp³-hybridized carbons (Fsp3) is 0.364. The van der Waals surface area contributed by atoms with Gasteiger partial charge in [-0.1, -0.05) is 0 Å². The van der Waals surface area contributed by atoms with E-state index in [1.807, 2.05) is 20.8 Å². The Morgan fingerprint density at radius 1 is 1.40 bits per heavy atom. The average molecular weight is 211 g/mol. The third kappa shape index (κ3) is 3.23. The zero-order valence-corrected chi connectivity index (χ0v) is 8.97. The predicted octanol–water partition coefficient (Wildman–Crippen LogP) is 2.73. The van der Waals surface area contributed by atoms with Crippen LogP contribution in [0.25, 0.3) is 0 Å². The molecule has 0 aromatic heterocycles. The van der Waals surface area contributed by atoms with Crippen molar-refractivity contribution in [3.63, 3.8) is 0 Å². The quantitative estimate of drug-likeness (QED) is 0.790. The molecule has 1 aromatic rings. The number of carboxylic acid groups (broad SMARTS) is 1. The van der Waals surface area contributed by atoms with Gasteiger partial charge in [-0.05, 0) is 39.0 Å². The molecular weight excluding hydrogens is 197 g/mol. The molecule has 2 N–H and O–H groups in total. The minimum atomic E-state index is -1.07. The molecule has 0 heterocycles. The number of halogens is 1. The number of nitrogens with one attached hydrogen (secondary N) is 1. The minimum absolute atomic E-state index is 0.0753. The monoisotopic (exact) mass is 211 g/mol. The van der Waals surface area contributed by atoms with Crippen LogP contribution in [0.1, 0.15) is 31.1 Å². The summed E-state index contributed by atoms with van der Waals surface area (Å²) in [6.07, 6.45) is 0. The van der Waals surface area contributed by atoms with Gasteiger partial charge in [0.15, 0.2) is 0 Å². The Morgan fingerprint density at radius 2 is 2.00 bits per heavy atom. The van der Waals surface area contributed by atoms with Gasteiger partial charge >= 0.3 is 5.97 Å². The van der Waals surface area contributed by atoms with Gasteiger partial charge in [-0.2, -0.15) is 0 Å². The minimum Gasteiger partial charge on any atom is -0.478 e. The number of hydrogen-bond acceptors (Lipinski definition) is 2. The normalized spacial score (nSPS) is 11.2. The molecule has 4 heteroatoms. The van der Waals surface area contributed by atoms with Crippen molar-refractivity contribution < 1.29 is 14.3 Å². The molecule has 0 amide bonds. The highest BCUT2D eigenvalue weighted by Crippen LogP contribution is 2.21. The van der Waals surface area contributed by atoms with Crippen molar-refractivity contribution >= 4 is 11.7 Å². The number of benzene rings is 1. The molecule has 0 bridgehead atoms. The summed E-state index contributed by atoms with van der Waals surface area (Å²) in [5.41, 5.74) is 0.0687. The topological polar surface area (TPSA) is 49.3 Å². The maximum Gasteiger partial charge on any atom is 0.337 e. The molecule has 0 unspecified atom stereocenters. The molecule has 0 aliphatic carbocycles. The van der Waals surface area contributed by atoms with Crippen molar-refractivity contribution in [2.24, 2.45) is 0 Å². The van der Waals surface area contributed by atoms with Crippen LogP contribution in [0.5, 0.6) is 0 Å². The highest BCUT2D eigenvalue weighted by Gasteiger charge is 2.16. The molecule has 0 radical (unpaired) electrons. The van der Waals surface area contributed by atoms with E-state index >= 15 is 0 Å². The number of hydrogen-bond donors (Lipinski definition) is 2. The van der Waals surface area contributed by atoms with E-state index in [9.17, 15) is 9.18 Å². The van der Waals surface area contributed by atoms with Crippen LogP contribution in [-0.4, -0.2) is 16.6 Å². The number of carbonyl (C=O) groups is 1. The van der Waals surface area contributed by atoms with Crippen molar-refractivity contribution in [1.29, 1.82) is 0 Å². The lowest BCUT2D eigenvalue weighted by atomic mass is 10.1. The fourth-order valence-electron chi connectivity index (χ4n) is 1.21. The lowest BCUT2D eigenvalue weighted by molar-refractivity contribution is 0.0698. The standard InChI is InChI=1S/C11H14FNO2/c1-11(2,3)13-9-6-7(12)4-5-8(9)10(14)15/h4-6,13H,1-3H3,(H,14,15). The first-order valence-corrected chi connectivity index (χ1v) is 4.60. The van der Waals surface area contributed by atoms with Gasteiger partial charge in [0.1, 0.15) is 5.82 Å². The van der Waals surface area contributed by atoms with E-state index in [1.54, 1.807) is 0 Å². The Bertz CT molecular complexity index is 383. The number of anilines is 1. The number of rotatable bonds is 2. The van der Waals surface area contributed by atoms with E-state index in [4.69, 9.17) is 5.11 Å². The zero-order chi connectivity index (χ0) is 11.6. The zero-order valence-electron chi connectivity index (χ0n) is 8.97. The van der Waals surface area contributed by atoms with Gasteiger partial charge in [0, 0.05) is 5.54 Å². The van der Waals surface area contributed by atoms with Crippen LogP contribution >= 0.6 is 0 Å². The van der Waals surface area contributed by atoms with E-state index in [2.05, 4.69) is 5.32 Å². The molecule has 0 saturated heterocycles. The fourth-order valence-corrected chi connectivity index (χ4v) is 1.21. The first kappa shape index (κ1) is 11.5. The number of aromatic carboxylic acids is 1. The molecule has 0 fully saturated rings. The smallest absolute Gasteiger partial charge is 0.337 e. The summed E-state index contributed by atoms with van der Waals surface area (Å²) >= 11 is 0. The van der Waals surface area contributed by atoms with E-state index < -0.39 is 11.8 Å². The van der Waals surface area contributed by atoms with Gasteiger partial charge in [0.2, 0.25) is 0 Å². The molecule has 15 heavy (non-hydrogen) atoms. The van der Waals surface area contributed by atoms with Gasteiger partial charge in [-0.15, -0.1) is 0 Å². The molecule has 0 aliphatic heterocycles. The second-order valence-corrected chi connectivity index (χ2v) is 4.37. The molecule has 0 spiro atoms. The summed E-state index contributed by atoms with van der Waals surface area (Å²) in [6.45, 7) is 5.64. The van der Waals surface area contributed by atoms with E-state index in [-0.39, 0.29) is 11.1 Å². The second-order valence-electron chi connectivity index (χ2n) is 4.37. The molecule has 0 atom stereocenters. The van der Waals surface area contributed by atoms with Gasteiger partial charge in [-0.3, -0.25) is 0 Å². The van der Waals surface area contributed by atoms with Crippen LogP contribution in [0.3, 0.4) is 0 Å². The molecule has 1 aromatic carbocycles. The van der Waals surface area contributed by atoms with Gasteiger partial charge < -0.3 is 10.4 Å². The Balaban J connectivity index is 3.13. The molecule has 0 aliphatic rings. The SMILES string of the molecule is CC(C)(C)Nc1cc(F)ccc1C(=O)O. The van der Waals surface area contributed by atoms with Crippen molar-refractivity contribution in [2.45, 2.75) is 26.3 Å². The highest BCUT2D eigenvalue weighted by atomic mass is 19.1. The van der Waals surface area contributed by atoms with Gasteiger partial charge in [0.25, 0.3) is 0 Å². The van der Waals surface area contributed by atoms with E-state index in [0.717, 1.165) is 6.07 Å². The Morgan fingerprint density at radius 3 is 2.47 bits per heavy atom. The van der Waals surface area contributed by atoms with Gasteiger partial charge in [0.05, 0.1) is 11.3 Å². The van der Waals surface area contributed by atoms with Gasteiger partial charge in [-0.25, -0.2) is 9.18 Å². The second kappa shape index (κ2) is 3.88. The van der Waals surface area contributed by atoms with Crippen LogP contribution in [0.15, 0.2) is 18.2 Å². The molecular formula is C11H14FNO2. The van der Waals surface area contributed by atoms with Crippen LogP contribution in [0.4, 0.5) is 10.1 Å². The number of carboxylic acids is 1. The van der Waals surface area contributed by atoms with Crippen molar-refractivity contribution in [1.82, 2.24) is 0 Å². The average Bonchev–Trinajstić information content (AvgIpc) is 1.99. The predicted molar refractivity (Wildman–Crippen MR) is 56.7 cm³/mol. The van der Waals surface area contributed by atoms with Crippen molar-refractivity contribution in [2.75, 3.05) is 5.32 Å². The van der Waals surface area contributed by atoms with Crippen LogP contribution in [0.2, 0.25) is 0 Å². The van der Waals surface area contributed by atoms with Crippen LogP contribution < -0.4 is 5.32 Å². The first-order valence-electron chi connectivity index (χ1n) is 4.60. The molecule has 82 valence electrons. The Labute approximate surface area is 87.9 Å². The lowest BCUT2D eigenvalue weighted by Crippen LogP contribution is -2.27. The van der Waals surface area contributed by atoms with Crippen molar-refractivity contribution in [3.05, 3.63) is 29.6 Å². The summed E-state index contributed by atoms with van der Waals surface area (Å²) in [5, 5.41) is 11.8. The summed E-state index contributed by atoms with van der Waals surface area (Å²) in [4.78, 5) is 10.9. The maximum atomic E-state index is 13.0. The Hall–Kier alpha value is -1.58. The van der Waals surface area contributed by atoms with Crippen LogP contribution in [0, 0.1) is 5.82 Å². The first-order chi connectivity index (χ1) is 6.79. The Kier molecular flexibility index (Phi) is 2.98. The van der Waals surface area contributed by atoms with E-state index in [1.165, 1.54) is 12.1 Å². The third-order valence-electron chi connectivity index (χ3n) is 1.72. The summed E-state index contributed by atoms with van der Waals surface area (Å²) in [5.74, 6) is -1.52. The summed E-state index contributed by atoms with van der Waals surface area (Å²) in [7, 11) is 0.